The van der Waals surface area contributed by atoms with Gasteiger partial charge in [-0.05, 0) is 79.2 Å². The minimum atomic E-state index is -0.361. The summed E-state index contributed by atoms with van der Waals surface area (Å²) in [6.45, 7) is 1.97. The van der Waals surface area contributed by atoms with E-state index in [9.17, 15) is 9.18 Å². The van der Waals surface area contributed by atoms with Gasteiger partial charge in [-0.3, -0.25) is 4.79 Å². The van der Waals surface area contributed by atoms with Crippen LogP contribution in [0.15, 0.2) is 84.1 Å². The molecule has 0 fully saturated rings. The van der Waals surface area contributed by atoms with Crippen molar-refractivity contribution in [3.63, 3.8) is 0 Å². The lowest BCUT2D eigenvalue weighted by atomic mass is 10.0. The van der Waals surface area contributed by atoms with E-state index in [1.165, 1.54) is 12.1 Å². The standard InChI is InChI=1S/C23H17ClFN3O/c1-15-14-20-4-2-3-13-28(20)22(15)21(16-7-11-19(25)12-8-16)26-27-23(29)17-5-9-18(24)10-6-17/h2-14H,1H3,(H,27,29)/b26-21+. The van der Waals surface area contributed by atoms with Gasteiger partial charge in [-0.1, -0.05) is 17.7 Å². The van der Waals surface area contributed by atoms with Gasteiger partial charge in [-0.2, -0.15) is 5.10 Å². The number of hydrogen-bond acceptors (Lipinski definition) is 2. The van der Waals surface area contributed by atoms with Gasteiger partial charge >= 0.3 is 0 Å². The predicted molar refractivity (Wildman–Crippen MR) is 113 cm³/mol. The molecule has 2 aromatic carbocycles. The molecule has 0 aliphatic carbocycles. The van der Waals surface area contributed by atoms with Crippen LogP contribution in [0.2, 0.25) is 5.02 Å². The summed E-state index contributed by atoms with van der Waals surface area (Å²) in [5.74, 6) is -0.699. The van der Waals surface area contributed by atoms with Crippen LogP contribution in [0.3, 0.4) is 0 Å². The second-order valence-corrected chi connectivity index (χ2v) is 7.02. The van der Waals surface area contributed by atoms with Crippen LogP contribution in [0.1, 0.15) is 27.2 Å². The number of fused-ring (bicyclic) bond motifs is 1. The first-order valence-corrected chi connectivity index (χ1v) is 9.37. The number of carbonyl (C=O) groups excluding carboxylic acids is 1. The fraction of sp³-hybridized carbons (Fsp3) is 0.0435. The van der Waals surface area contributed by atoms with E-state index in [0.717, 1.165) is 16.8 Å². The maximum absolute atomic E-state index is 13.5. The molecule has 0 saturated carbocycles. The Bertz CT molecular complexity index is 1210. The second kappa shape index (κ2) is 7.89. The molecule has 1 amide bonds. The summed E-state index contributed by atoms with van der Waals surface area (Å²) in [5.41, 5.74) is 7.08. The first-order chi connectivity index (χ1) is 14.0. The number of pyridine rings is 1. The average Bonchev–Trinajstić information content (AvgIpc) is 3.06. The SMILES string of the molecule is Cc1cc2ccccn2c1/C(=N/NC(=O)c1ccc(Cl)cc1)c1ccc(F)cc1. The molecule has 4 nitrogen and oxygen atoms in total. The molecule has 1 N–H and O–H groups in total. The van der Waals surface area contributed by atoms with Gasteiger partial charge in [0.05, 0.1) is 5.69 Å². The zero-order valence-corrected chi connectivity index (χ0v) is 16.3. The summed E-state index contributed by atoms with van der Waals surface area (Å²) < 4.78 is 15.5. The van der Waals surface area contributed by atoms with Crippen molar-refractivity contribution in [1.29, 1.82) is 0 Å². The molecule has 0 saturated heterocycles. The summed E-state index contributed by atoms with van der Waals surface area (Å²) in [5, 5.41) is 4.97. The van der Waals surface area contributed by atoms with E-state index in [-0.39, 0.29) is 11.7 Å². The Morgan fingerprint density at radius 3 is 2.41 bits per heavy atom. The van der Waals surface area contributed by atoms with Gasteiger partial charge in [-0.25, -0.2) is 9.82 Å². The highest BCUT2D eigenvalue weighted by Gasteiger charge is 2.16. The van der Waals surface area contributed by atoms with Crippen LogP contribution >= 0.6 is 11.6 Å². The molecule has 0 atom stereocenters. The van der Waals surface area contributed by atoms with Gasteiger partial charge in [-0.15, -0.1) is 0 Å². The smallest absolute Gasteiger partial charge is 0.271 e. The minimum Gasteiger partial charge on any atom is -0.315 e. The van der Waals surface area contributed by atoms with Crippen molar-refractivity contribution in [2.75, 3.05) is 0 Å². The zero-order valence-electron chi connectivity index (χ0n) is 15.6. The fourth-order valence-corrected chi connectivity index (χ4v) is 3.32. The molecule has 4 aromatic rings. The van der Waals surface area contributed by atoms with Crippen LogP contribution in [0.4, 0.5) is 4.39 Å². The van der Waals surface area contributed by atoms with E-state index in [4.69, 9.17) is 11.6 Å². The Kier molecular flexibility index (Phi) is 5.14. The molecule has 0 unspecified atom stereocenters. The van der Waals surface area contributed by atoms with E-state index < -0.39 is 0 Å². The van der Waals surface area contributed by atoms with E-state index in [1.807, 2.05) is 41.8 Å². The van der Waals surface area contributed by atoms with Crippen LogP contribution in [0.25, 0.3) is 5.52 Å². The lowest BCUT2D eigenvalue weighted by Gasteiger charge is -2.10. The van der Waals surface area contributed by atoms with Crippen LogP contribution < -0.4 is 5.43 Å². The Hall–Kier alpha value is -3.44. The lowest BCUT2D eigenvalue weighted by molar-refractivity contribution is 0.0955. The van der Waals surface area contributed by atoms with Crippen LogP contribution in [-0.2, 0) is 0 Å². The average molecular weight is 406 g/mol. The van der Waals surface area contributed by atoms with E-state index in [1.54, 1.807) is 36.4 Å². The highest BCUT2D eigenvalue weighted by molar-refractivity contribution is 6.30. The number of amides is 1. The van der Waals surface area contributed by atoms with E-state index in [0.29, 0.717) is 21.9 Å². The largest absolute Gasteiger partial charge is 0.315 e. The molecule has 0 aliphatic rings. The second-order valence-electron chi connectivity index (χ2n) is 6.59. The molecule has 144 valence electrons. The molecule has 0 aliphatic heterocycles. The number of rotatable bonds is 4. The summed E-state index contributed by atoms with van der Waals surface area (Å²) in [6, 6.07) is 20.5. The normalized spacial score (nSPS) is 11.6. The van der Waals surface area contributed by atoms with Crippen molar-refractivity contribution in [2.24, 2.45) is 5.10 Å². The molecule has 0 spiro atoms. The Morgan fingerprint density at radius 1 is 1.00 bits per heavy atom. The third kappa shape index (κ3) is 3.91. The molecular formula is C23H17ClFN3O. The monoisotopic (exact) mass is 405 g/mol. The Balaban J connectivity index is 1.79. The Morgan fingerprint density at radius 2 is 1.69 bits per heavy atom. The first kappa shape index (κ1) is 18.9. The number of carbonyl (C=O) groups is 1. The molecule has 4 rings (SSSR count). The maximum atomic E-state index is 13.5. The maximum Gasteiger partial charge on any atom is 0.271 e. The Labute approximate surface area is 172 Å². The summed E-state index contributed by atoms with van der Waals surface area (Å²) in [6.07, 6.45) is 1.93. The van der Waals surface area contributed by atoms with Gasteiger partial charge in [0, 0.05) is 27.9 Å². The molecule has 6 heteroatoms. The van der Waals surface area contributed by atoms with Crippen molar-refractivity contribution in [1.82, 2.24) is 9.83 Å². The fourth-order valence-electron chi connectivity index (χ4n) is 3.19. The predicted octanol–water partition coefficient (Wildman–Crippen LogP) is 5.22. The van der Waals surface area contributed by atoms with Gasteiger partial charge in [0.1, 0.15) is 11.5 Å². The van der Waals surface area contributed by atoms with Crippen molar-refractivity contribution >= 4 is 28.7 Å². The molecule has 2 aromatic heterocycles. The van der Waals surface area contributed by atoms with Gasteiger partial charge < -0.3 is 4.40 Å². The number of halogens is 2. The molecule has 0 bridgehead atoms. The third-order valence-electron chi connectivity index (χ3n) is 4.59. The van der Waals surface area contributed by atoms with Gasteiger partial charge in [0.25, 0.3) is 5.91 Å². The van der Waals surface area contributed by atoms with Crippen LogP contribution in [-0.4, -0.2) is 16.0 Å². The first-order valence-electron chi connectivity index (χ1n) is 8.99. The number of hydrogen-bond donors (Lipinski definition) is 1. The zero-order chi connectivity index (χ0) is 20.4. The summed E-state index contributed by atoms with van der Waals surface area (Å²) in [7, 11) is 0. The van der Waals surface area contributed by atoms with E-state index in [2.05, 4.69) is 10.5 Å². The highest BCUT2D eigenvalue weighted by atomic mass is 35.5. The number of hydrazone groups is 1. The van der Waals surface area contributed by atoms with Crippen molar-refractivity contribution < 1.29 is 9.18 Å². The third-order valence-corrected chi connectivity index (χ3v) is 4.84. The summed E-state index contributed by atoms with van der Waals surface area (Å²) in [4.78, 5) is 12.5. The van der Waals surface area contributed by atoms with E-state index >= 15 is 0 Å². The molecule has 2 heterocycles. The molecule has 0 radical (unpaired) electrons. The number of aromatic nitrogens is 1. The molecular weight excluding hydrogens is 389 g/mol. The number of nitrogens with one attached hydrogen (secondary N) is 1. The van der Waals surface area contributed by atoms with Gasteiger partial charge in [0.15, 0.2) is 0 Å². The highest BCUT2D eigenvalue weighted by Crippen LogP contribution is 2.20. The lowest BCUT2D eigenvalue weighted by Crippen LogP contribution is -2.21. The van der Waals surface area contributed by atoms with Crippen LogP contribution in [0.5, 0.6) is 0 Å². The van der Waals surface area contributed by atoms with Crippen LogP contribution in [0, 0.1) is 12.7 Å². The molecule has 29 heavy (non-hydrogen) atoms. The summed E-state index contributed by atoms with van der Waals surface area (Å²) >= 11 is 5.88. The van der Waals surface area contributed by atoms with Crippen molar-refractivity contribution in [3.05, 3.63) is 112 Å². The number of benzene rings is 2. The number of nitrogens with zero attached hydrogens (tertiary/aromatic N) is 2. The topological polar surface area (TPSA) is 45.9 Å². The van der Waals surface area contributed by atoms with Gasteiger partial charge in [0.2, 0.25) is 0 Å². The number of aryl methyl sites for hydroxylation is 1. The van der Waals surface area contributed by atoms with Crippen molar-refractivity contribution in [3.8, 4) is 0 Å². The van der Waals surface area contributed by atoms with Crippen molar-refractivity contribution in [2.45, 2.75) is 6.92 Å². The minimum absolute atomic E-state index is 0.338. The quantitative estimate of drug-likeness (QED) is 0.367.